The number of alkyl carbamates (subject to hydrolysis) is 3. The number of hydrogen-bond donors (Lipinski definition) is 14. The van der Waals surface area contributed by atoms with Crippen molar-refractivity contribution in [3.63, 3.8) is 0 Å². The maximum absolute atomic E-state index is 12.3. The van der Waals surface area contributed by atoms with Gasteiger partial charge in [0.05, 0.1) is 49.7 Å². The number of rotatable bonds is 10. The number of nitrogens with two attached hydrogens (primary N) is 6. The molecule has 0 radical (unpaired) electrons. The van der Waals surface area contributed by atoms with Crippen LogP contribution in [-0.2, 0) is 26.8 Å². The van der Waals surface area contributed by atoms with E-state index in [-0.39, 0.29) is 91.5 Å². The molecule has 0 atom stereocenters. The predicted molar refractivity (Wildman–Crippen MR) is 537 cm³/mol. The normalized spacial score (nSPS) is 15.5. The number of amides is 3. The van der Waals surface area contributed by atoms with Gasteiger partial charge in [-0.05, 0) is 246 Å². The van der Waals surface area contributed by atoms with Crippen LogP contribution in [-0.4, -0.2) is 211 Å². The standard InChI is InChI=1S/C21H27ClN8O2S.C16H23BrN6O2.C16H19ClN8S.C11H22N2O2.C5H2Br2N4.C5H5Br2N3.C5H5ClN2S.C2H6.K/c1-20(2,3)32-19(31)26-21(4)6-9-30(10-7-21)18-16-15(27-29-28-16)13(11-25-18)33-12-5-8-24-17(23)14(12)22;1-15(2,3)25-14(24)19-16(4)5-7-23(8-6-16)13-12-11(20-22-21-12)10(17)9-18-13;1-16(19)3-6-25(7-4-16)15-13-12(22-24-23-13)10(8-21-15)26-9-2-5-20-14(18)11(9)17;1-10(2,3)15-9(14)13-11(4)5-7-12-8-6-11;6-2-1-8-5(7)4-3(2)9-11-10-4;6-2-1-10-5(7)4(9)3(2)8;6-4-3(9)1-2-8-5(4)7;1-2;/h5,8,11H,6-7,9-10H2,1-4H3,(H2,23,24)(H,26,31)(H,27,28,29);9H,5-8H2,1-4H3,(H,19,24)(H,20,21,22);2,5,8H,3-4,6-7,19H2,1H3,(H2,18,20)(H,22,23,24);12H,5-8H2,1-4H3,(H,13,14);1H,(H,9,10,11);1H,9H2,(H2,8,10);1-2H,(H3,7,8,9);1-2H3;/q;;;;;;;;+1/p-1/i;;;;;;;1D;. The van der Waals surface area contributed by atoms with Gasteiger partial charge in [-0.1, -0.05) is 78.2 Å². The third-order valence-corrected chi connectivity index (χ3v) is 27.0. The number of carbonyl (C=O) groups excluding carboxylic acids is 3. The van der Waals surface area contributed by atoms with Gasteiger partial charge in [-0.25, -0.2) is 54.3 Å². The largest absolute Gasteiger partial charge is 1.00 e. The number of carbonyl (C=O) groups is 3. The molecule has 0 saturated carbocycles. The fourth-order valence-electron chi connectivity index (χ4n) is 12.9. The number of ether oxygens (including phenoxy) is 3. The molecule has 16 heterocycles. The van der Waals surface area contributed by atoms with Crippen LogP contribution in [0.5, 0.6) is 0 Å². The molecule has 12 aromatic rings. The van der Waals surface area contributed by atoms with Crippen molar-refractivity contribution < 1.29 is 81.3 Å². The minimum absolute atomic E-state index is 0. The number of halogens is 8. The summed E-state index contributed by atoms with van der Waals surface area (Å²) >= 11 is 42.1. The Morgan fingerprint density at radius 1 is 0.439 bits per heavy atom. The molecular weight excluding hydrogens is 2170 g/mol. The van der Waals surface area contributed by atoms with E-state index in [4.69, 9.17) is 97.4 Å². The molecule has 132 heavy (non-hydrogen) atoms. The van der Waals surface area contributed by atoms with Crippen molar-refractivity contribution in [1.29, 1.82) is 0 Å². The Morgan fingerprint density at radius 2 is 0.750 bits per heavy atom. The van der Waals surface area contributed by atoms with Crippen molar-refractivity contribution in [2.24, 2.45) is 5.73 Å². The molecule has 0 spiro atoms. The van der Waals surface area contributed by atoms with Crippen LogP contribution in [0.15, 0.2) is 115 Å². The first-order valence-electron chi connectivity index (χ1n) is 41.6. The first kappa shape index (κ1) is 108. The summed E-state index contributed by atoms with van der Waals surface area (Å²) in [5, 5.41) is 57.6. The van der Waals surface area contributed by atoms with Gasteiger partial charge in [0.1, 0.15) is 71.0 Å². The molecule has 16 rings (SSSR count). The van der Waals surface area contributed by atoms with Crippen LogP contribution >= 0.6 is 138 Å². The van der Waals surface area contributed by atoms with E-state index in [9.17, 15) is 14.4 Å². The van der Waals surface area contributed by atoms with Crippen LogP contribution in [0, 0.1) is 0 Å². The van der Waals surface area contributed by atoms with E-state index in [1.807, 2.05) is 75.3 Å². The molecule has 708 valence electrons. The molecule has 4 aliphatic rings. The average Bonchev–Trinajstić information content (AvgIpc) is 1.68. The van der Waals surface area contributed by atoms with Gasteiger partial charge in [0.2, 0.25) is 0 Å². The molecule has 20 N–H and O–H groups in total. The van der Waals surface area contributed by atoms with Crippen molar-refractivity contribution in [2.75, 3.05) is 95.7 Å². The van der Waals surface area contributed by atoms with Crippen molar-refractivity contribution in [1.82, 2.24) is 123 Å². The number of nitrogen functional groups attached to an aromatic ring is 5. The topological polar surface area (TPSA) is 562 Å². The van der Waals surface area contributed by atoms with Crippen molar-refractivity contribution in [3.05, 3.63) is 105 Å². The number of nitrogens with zero attached hydrogens (tertiary/aromatic N) is 19. The van der Waals surface area contributed by atoms with E-state index in [1.165, 1.54) is 29.7 Å². The number of piperidine rings is 4. The number of hydrogen-bond acceptors (Lipinski definition) is 35. The number of H-pyrrole nitrogens is 4. The Bertz CT molecular complexity index is 5830. The zero-order chi connectivity index (χ0) is 97.0. The van der Waals surface area contributed by atoms with E-state index >= 15 is 0 Å². The maximum Gasteiger partial charge on any atom is 1.00 e. The van der Waals surface area contributed by atoms with Crippen molar-refractivity contribution >= 4 is 259 Å². The van der Waals surface area contributed by atoms with E-state index in [0.717, 1.165) is 170 Å². The van der Waals surface area contributed by atoms with Gasteiger partial charge in [-0.2, -0.15) is 66.5 Å². The van der Waals surface area contributed by atoms with Gasteiger partial charge in [-0.3, -0.25) is 0 Å². The van der Waals surface area contributed by atoms with Crippen LogP contribution in [0.25, 0.3) is 44.1 Å². The Hall–Kier alpha value is -7.24. The average molecular weight is 2280 g/mol. The second kappa shape index (κ2) is 48.7. The van der Waals surface area contributed by atoms with E-state index in [0.29, 0.717) is 87.7 Å². The first-order chi connectivity index (χ1) is 62.0. The van der Waals surface area contributed by atoms with E-state index in [1.54, 1.807) is 62.4 Å². The Morgan fingerprint density at radius 3 is 1.12 bits per heavy atom. The number of nitrogens with one attached hydrogen (secondary N) is 8. The molecule has 0 unspecified atom stereocenters. The molecular formula is C81H108Br5Cl3KN33O6S3. The Balaban J connectivity index is 0.000000198. The maximum atomic E-state index is 12.3. The number of pyridine rings is 8. The first-order valence-corrected chi connectivity index (χ1v) is 48.0. The Labute approximate surface area is 879 Å². The minimum Gasteiger partial charge on any atom is -0.778 e. The van der Waals surface area contributed by atoms with Crippen molar-refractivity contribution in [2.45, 2.75) is 219 Å². The Kier molecular flexibility index (Phi) is 40.0. The zero-order valence-corrected chi connectivity index (χ0v) is 91.3. The molecule has 4 aliphatic heterocycles. The zero-order valence-electron chi connectivity index (χ0n) is 76.5. The van der Waals surface area contributed by atoms with Gasteiger partial charge in [0, 0.05) is 122 Å². The van der Waals surface area contributed by atoms with Gasteiger partial charge in [0.25, 0.3) is 0 Å². The van der Waals surface area contributed by atoms with Crippen LogP contribution in [0.1, 0.15) is 157 Å². The molecule has 4 fully saturated rings. The summed E-state index contributed by atoms with van der Waals surface area (Å²) < 4.78 is 25.9. The molecule has 0 bridgehead atoms. The summed E-state index contributed by atoms with van der Waals surface area (Å²) in [5.41, 5.74) is 38.8. The fourth-order valence-corrected chi connectivity index (χ4v) is 17.2. The molecule has 51 heteroatoms. The van der Waals surface area contributed by atoms with Gasteiger partial charge >= 0.3 is 69.7 Å². The van der Waals surface area contributed by atoms with Gasteiger partial charge < -0.3 is 97.2 Å². The van der Waals surface area contributed by atoms with Crippen LogP contribution in [0.2, 0.25) is 15.1 Å². The van der Waals surface area contributed by atoms with Gasteiger partial charge in [-0.15, -0.1) is 0 Å². The summed E-state index contributed by atoms with van der Waals surface area (Å²) in [7, 11) is 0. The number of fused-ring (bicyclic) bond motifs is 4. The fraction of sp³-hybridized carbons (Fsp3) is 0.469. The molecule has 0 aromatic carbocycles. The monoisotopic (exact) mass is 2270 g/mol. The summed E-state index contributed by atoms with van der Waals surface area (Å²) in [4.78, 5) is 79.7. The summed E-state index contributed by atoms with van der Waals surface area (Å²) in [6.45, 7) is 33.8. The summed E-state index contributed by atoms with van der Waals surface area (Å²) in [6, 6.07) is 5.25. The van der Waals surface area contributed by atoms with Crippen LogP contribution in [0.4, 0.5) is 60.7 Å². The molecule has 0 aliphatic carbocycles. The second-order valence-corrected chi connectivity index (χ2v) is 42.0. The number of aromatic nitrogens is 20. The van der Waals surface area contributed by atoms with Gasteiger partial charge in [0.15, 0.2) is 34.0 Å². The van der Waals surface area contributed by atoms with Crippen LogP contribution < -0.4 is 122 Å². The summed E-state index contributed by atoms with van der Waals surface area (Å²) in [5.74, 6) is 3.27. The van der Waals surface area contributed by atoms with E-state index in [2.05, 4.69) is 238 Å². The predicted octanol–water partition coefficient (Wildman–Crippen LogP) is 14.0. The number of anilines is 8. The molecule has 3 amide bonds. The third-order valence-electron chi connectivity index (χ3n) is 19.9. The SMILES string of the molecule is Brc1cnc(Br)c2n[nH]nc12.CC1(N)CCN(c2ncc(Sc3ccnc(N)c3Cl)c3n[nH]nc23)CC1.CC1(NC(=O)OC(C)(C)C)CCN(c2ncc(Br)c3n[nH]nc23)CC1.CC1(NC(=O)OC(C)(C)C)CCN(c2ncc(Sc3ccnc(N)c3Cl)c3n[nH]nc23)CC1.CC1(NC(=O)OC(C)(C)C)CCNCC1.Nc1c(Br)cnc(Br)c1N.Nc1nccc([S-])c1Cl.[2H]CC.[K+]. The summed E-state index contributed by atoms with van der Waals surface area (Å²) in [6.07, 6.45) is 19.1. The van der Waals surface area contributed by atoms with Crippen molar-refractivity contribution in [3.8, 4) is 0 Å². The molecule has 39 nitrogen and oxygen atoms in total. The van der Waals surface area contributed by atoms with E-state index < -0.39 is 22.9 Å². The molecule has 12 aromatic heterocycles. The van der Waals surface area contributed by atoms with Crippen LogP contribution in [0.3, 0.4) is 0 Å². The second-order valence-electron chi connectivity index (χ2n) is 34.2. The minimum atomic E-state index is -0.532. The third kappa shape index (κ3) is 31.7. The number of aromatic amines is 4. The quantitative estimate of drug-likeness (QED) is 0.0262. The molecule has 4 saturated heterocycles. The smallest absolute Gasteiger partial charge is 0.778 e.